The number of pyridine rings is 1. The van der Waals surface area contributed by atoms with Crippen LogP contribution in [0.25, 0.3) is 11.3 Å². The maximum Gasteiger partial charge on any atom is 0.250 e. The zero-order valence-corrected chi connectivity index (χ0v) is 16.5. The number of aromatic nitrogens is 2. The highest BCUT2D eigenvalue weighted by Gasteiger charge is 2.36. The number of carbonyl (C=O) groups excluding carboxylic acids is 1. The fraction of sp³-hybridized carbons (Fsp3) is 0.318. The fourth-order valence-electron chi connectivity index (χ4n) is 4.51. The Morgan fingerprint density at radius 1 is 1.14 bits per heavy atom. The van der Waals surface area contributed by atoms with Crippen molar-refractivity contribution < 1.29 is 9.32 Å². The van der Waals surface area contributed by atoms with Gasteiger partial charge in [0.1, 0.15) is 0 Å². The monoisotopic (exact) mass is 409 g/mol. The van der Waals surface area contributed by atoms with Crippen LogP contribution in [0, 0.1) is 5.92 Å². The molecular formula is C22H20ClN3O3. The quantitative estimate of drug-likeness (QED) is 0.665. The van der Waals surface area contributed by atoms with Gasteiger partial charge in [0.15, 0.2) is 5.76 Å². The molecule has 3 aromatic rings. The molecule has 0 saturated carbocycles. The number of halogens is 1. The molecule has 2 bridgehead atoms. The fourth-order valence-corrected chi connectivity index (χ4v) is 4.64. The summed E-state index contributed by atoms with van der Waals surface area (Å²) < 4.78 is 7.28. The Kier molecular flexibility index (Phi) is 4.51. The van der Waals surface area contributed by atoms with E-state index in [0.717, 1.165) is 17.7 Å². The molecular weight excluding hydrogens is 390 g/mol. The van der Waals surface area contributed by atoms with Gasteiger partial charge in [0.2, 0.25) is 5.91 Å². The number of piperidine rings is 1. The third kappa shape index (κ3) is 3.49. The molecule has 6 nitrogen and oxygen atoms in total. The van der Waals surface area contributed by atoms with Gasteiger partial charge in [-0.1, -0.05) is 22.8 Å². The van der Waals surface area contributed by atoms with E-state index >= 15 is 0 Å². The van der Waals surface area contributed by atoms with Gasteiger partial charge in [-0.05, 0) is 42.7 Å². The first-order valence-corrected chi connectivity index (χ1v) is 10.1. The maximum absolute atomic E-state index is 12.9. The average molecular weight is 410 g/mol. The minimum Gasteiger partial charge on any atom is -0.356 e. The first-order valence-electron chi connectivity index (χ1n) is 9.76. The maximum atomic E-state index is 12.9. The van der Waals surface area contributed by atoms with Gasteiger partial charge in [-0.15, -0.1) is 0 Å². The Bertz CT molecular complexity index is 1120. The number of amides is 1. The molecule has 29 heavy (non-hydrogen) atoms. The summed E-state index contributed by atoms with van der Waals surface area (Å²) in [7, 11) is 0. The standard InChI is InChI=1S/C22H20ClN3O3/c23-17-6-4-15(5-7-17)20-9-18(24-29-20)10-22(28)25-11-14-8-16(13-25)19-2-1-3-21(27)26(19)12-14/h1-7,9,14,16H,8,10-13H2. The summed E-state index contributed by atoms with van der Waals surface area (Å²) in [5.74, 6) is 1.19. The molecule has 0 aliphatic carbocycles. The molecule has 0 radical (unpaired) electrons. The first kappa shape index (κ1) is 18.2. The first-order chi connectivity index (χ1) is 14.1. The van der Waals surface area contributed by atoms with Crippen LogP contribution in [-0.4, -0.2) is 33.6 Å². The molecule has 4 heterocycles. The van der Waals surface area contributed by atoms with Crippen LogP contribution >= 0.6 is 11.6 Å². The number of carbonyl (C=O) groups is 1. The Morgan fingerprint density at radius 2 is 1.97 bits per heavy atom. The molecule has 5 rings (SSSR count). The molecule has 1 saturated heterocycles. The van der Waals surface area contributed by atoms with Crippen LogP contribution in [0.15, 0.2) is 57.8 Å². The van der Waals surface area contributed by atoms with Crippen molar-refractivity contribution in [3.63, 3.8) is 0 Å². The Labute approximate surface area is 172 Å². The number of fused-ring (bicyclic) bond motifs is 4. The van der Waals surface area contributed by atoms with E-state index in [-0.39, 0.29) is 23.8 Å². The zero-order chi connectivity index (χ0) is 20.0. The molecule has 0 N–H and O–H groups in total. The molecule has 0 spiro atoms. The summed E-state index contributed by atoms with van der Waals surface area (Å²) in [5, 5.41) is 4.72. The van der Waals surface area contributed by atoms with E-state index in [1.165, 1.54) is 0 Å². The smallest absolute Gasteiger partial charge is 0.250 e. The third-order valence-electron chi connectivity index (χ3n) is 5.85. The van der Waals surface area contributed by atoms with Crippen molar-refractivity contribution in [2.75, 3.05) is 13.1 Å². The number of rotatable bonds is 3. The third-order valence-corrected chi connectivity index (χ3v) is 6.10. The van der Waals surface area contributed by atoms with E-state index in [0.29, 0.717) is 42.0 Å². The average Bonchev–Trinajstić information content (AvgIpc) is 3.18. The van der Waals surface area contributed by atoms with Crippen LogP contribution < -0.4 is 5.56 Å². The second-order valence-corrected chi connectivity index (χ2v) is 8.30. The molecule has 1 aromatic carbocycles. The topological polar surface area (TPSA) is 68.3 Å². The molecule has 2 atom stereocenters. The molecule has 1 fully saturated rings. The van der Waals surface area contributed by atoms with Crippen molar-refractivity contribution >= 4 is 17.5 Å². The van der Waals surface area contributed by atoms with Crippen LogP contribution in [0.3, 0.4) is 0 Å². The van der Waals surface area contributed by atoms with Crippen LogP contribution in [0.4, 0.5) is 0 Å². The van der Waals surface area contributed by atoms with Gasteiger partial charge in [-0.25, -0.2) is 0 Å². The van der Waals surface area contributed by atoms with Crippen LogP contribution in [0.2, 0.25) is 5.02 Å². The molecule has 2 aliphatic rings. The van der Waals surface area contributed by atoms with Gasteiger partial charge in [0.05, 0.1) is 12.1 Å². The normalized spacial score (nSPS) is 20.4. The molecule has 2 aromatic heterocycles. The summed E-state index contributed by atoms with van der Waals surface area (Å²) in [6.45, 7) is 2.00. The molecule has 2 aliphatic heterocycles. The number of benzene rings is 1. The van der Waals surface area contributed by atoms with Gasteiger partial charge < -0.3 is 14.0 Å². The van der Waals surface area contributed by atoms with Crippen molar-refractivity contribution in [3.8, 4) is 11.3 Å². The van der Waals surface area contributed by atoms with Crippen molar-refractivity contribution in [2.45, 2.75) is 25.3 Å². The lowest BCUT2D eigenvalue weighted by molar-refractivity contribution is -0.133. The summed E-state index contributed by atoms with van der Waals surface area (Å²) in [4.78, 5) is 27.0. The molecule has 148 valence electrons. The minimum atomic E-state index is 0.0439. The predicted octanol–water partition coefficient (Wildman–Crippen LogP) is 3.35. The number of nitrogens with zero attached hydrogens (tertiary/aromatic N) is 3. The van der Waals surface area contributed by atoms with E-state index in [4.69, 9.17) is 16.1 Å². The highest BCUT2D eigenvalue weighted by molar-refractivity contribution is 6.30. The molecule has 1 amide bonds. The van der Waals surface area contributed by atoms with Crippen molar-refractivity contribution in [1.82, 2.24) is 14.6 Å². The van der Waals surface area contributed by atoms with Crippen molar-refractivity contribution in [3.05, 3.63) is 75.3 Å². The van der Waals surface area contributed by atoms with Gasteiger partial charge in [-0.2, -0.15) is 0 Å². The van der Waals surface area contributed by atoms with E-state index < -0.39 is 0 Å². The highest BCUT2D eigenvalue weighted by atomic mass is 35.5. The van der Waals surface area contributed by atoms with E-state index in [2.05, 4.69) is 5.16 Å². The lowest BCUT2D eigenvalue weighted by Gasteiger charge is -2.42. The van der Waals surface area contributed by atoms with Gasteiger partial charge >= 0.3 is 0 Å². The number of likely N-dealkylation sites (tertiary alicyclic amines) is 1. The van der Waals surface area contributed by atoms with Crippen molar-refractivity contribution in [2.24, 2.45) is 5.92 Å². The van der Waals surface area contributed by atoms with Gasteiger partial charge in [-0.3, -0.25) is 9.59 Å². The van der Waals surface area contributed by atoms with E-state index in [9.17, 15) is 9.59 Å². The Morgan fingerprint density at radius 3 is 2.79 bits per heavy atom. The zero-order valence-electron chi connectivity index (χ0n) is 15.8. The SMILES string of the molecule is O=C(Cc1cc(-c2ccc(Cl)cc2)on1)N1CC2CC(C1)c1cccc(=O)n1C2. The molecule has 2 unspecified atom stereocenters. The highest BCUT2D eigenvalue weighted by Crippen LogP contribution is 2.35. The lowest BCUT2D eigenvalue weighted by atomic mass is 9.83. The molecule has 7 heteroatoms. The van der Waals surface area contributed by atoms with E-state index in [1.54, 1.807) is 24.3 Å². The predicted molar refractivity (Wildman–Crippen MR) is 109 cm³/mol. The van der Waals surface area contributed by atoms with E-state index in [1.807, 2.05) is 33.7 Å². The lowest BCUT2D eigenvalue weighted by Crippen LogP contribution is -2.49. The van der Waals surface area contributed by atoms with Gasteiger partial charge in [0, 0.05) is 54.0 Å². The Balaban J connectivity index is 1.30. The second kappa shape index (κ2) is 7.19. The van der Waals surface area contributed by atoms with Crippen LogP contribution in [-0.2, 0) is 17.8 Å². The van der Waals surface area contributed by atoms with Crippen LogP contribution in [0.1, 0.15) is 23.7 Å². The number of hydrogen-bond donors (Lipinski definition) is 0. The van der Waals surface area contributed by atoms with Gasteiger partial charge in [0.25, 0.3) is 5.56 Å². The second-order valence-electron chi connectivity index (χ2n) is 7.86. The van der Waals surface area contributed by atoms with Crippen molar-refractivity contribution in [1.29, 1.82) is 0 Å². The summed E-state index contributed by atoms with van der Waals surface area (Å²) in [6, 6.07) is 14.5. The summed E-state index contributed by atoms with van der Waals surface area (Å²) in [5.41, 5.74) is 2.58. The number of hydrogen-bond acceptors (Lipinski definition) is 4. The summed E-state index contributed by atoms with van der Waals surface area (Å²) >= 11 is 5.92. The largest absolute Gasteiger partial charge is 0.356 e. The Hall–Kier alpha value is -2.86. The summed E-state index contributed by atoms with van der Waals surface area (Å²) in [6.07, 6.45) is 1.23. The minimum absolute atomic E-state index is 0.0439. The van der Waals surface area contributed by atoms with Crippen LogP contribution in [0.5, 0.6) is 0 Å².